The molecule has 1 unspecified atom stereocenters. The lowest BCUT2D eigenvalue weighted by molar-refractivity contribution is -0.132. The van der Waals surface area contributed by atoms with Crippen LogP contribution in [-0.4, -0.2) is 27.0 Å². The van der Waals surface area contributed by atoms with E-state index in [9.17, 15) is 14.7 Å². The van der Waals surface area contributed by atoms with Crippen LogP contribution in [0.2, 0.25) is 0 Å². The Morgan fingerprint density at radius 1 is 0.932 bits per heavy atom. The summed E-state index contributed by atoms with van der Waals surface area (Å²) in [4.78, 5) is 28.2. The molecule has 0 saturated carbocycles. The van der Waals surface area contributed by atoms with Crippen LogP contribution < -0.4 is 9.64 Å². The van der Waals surface area contributed by atoms with Crippen LogP contribution in [0.5, 0.6) is 5.75 Å². The van der Waals surface area contributed by atoms with E-state index in [1.54, 1.807) is 43.3 Å². The first-order valence-electron chi connectivity index (χ1n) is 13.9. The van der Waals surface area contributed by atoms with Crippen molar-refractivity contribution >= 4 is 45.7 Å². The Bertz CT molecular complexity index is 1860. The zero-order valence-electron chi connectivity index (χ0n) is 24.3. The summed E-state index contributed by atoms with van der Waals surface area (Å²) >= 11 is 2.71. The molecule has 0 spiro atoms. The highest BCUT2D eigenvalue weighted by Crippen LogP contribution is 2.44. The fraction of sp³-hybridized carbons (Fsp3) is 0.176. The first-order chi connectivity index (χ1) is 21.3. The number of benzene rings is 3. The molecule has 1 aliphatic rings. The number of hydrogen-bond acceptors (Lipinski definition) is 9. The van der Waals surface area contributed by atoms with E-state index in [0.717, 1.165) is 16.7 Å². The predicted molar refractivity (Wildman–Crippen MR) is 171 cm³/mol. The van der Waals surface area contributed by atoms with Crippen molar-refractivity contribution in [2.75, 3.05) is 4.90 Å². The average Bonchev–Trinajstić information content (AvgIpc) is 3.73. The number of amides is 1. The maximum atomic E-state index is 13.5. The van der Waals surface area contributed by atoms with Gasteiger partial charge in [-0.3, -0.25) is 14.5 Å². The predicted octanol–water partition coefficient (Wildman–Crippen LogP) is 7.55. The Hall–Kier alpha value is -4.67. The number of carbonyl (C=O) groups excluding carboxylic acids is 2. The molecule has 0 bridgehead atoms. The molecule has 3 aromatic carbocycles. The van der Waals surface area contributed by atoms with E-state index >= 15 is 0 Å². The summed E-state index contributed by atoms with van der Waals surface area (Å²) in [7, 11) is 0. The molecule has 0 aliphatic carbocycles. The fourth-order valence-corrected chi connectivity index (χ4v) is 6.74. The monoisotopic (exact) mass is 623 g/mol. The molecule has 10 heteroatoms. The van der Waals surface area contributed by atoms with Gasteiger partial charge in [0.25, 0.3) is 5.78 Å². The van der Waals surface area contributed by atoms with Crippen LogP contribution in [0, 0.1) is 20.8 Å². The second-order valence-corrected chi connectivity index (χ2v) is 12.7. The molecule has 1 saturated heterocycles. The molecule has 222 valence electrons. The minimum Gasteiger partial charge on any atom is -0.507 e. The van der Waals surface area contributed by atoms with Gasteiger partial charge in [-0.2, -0.15) is 0 Å². The average molecular weight is 624 g/mol. The molecule has 1 N–H and O–H groups in total. The summed E-state index contributed by atoms with van der Waals surface area (Å²) in [6.45, 7) is 6.23. The summed E-state index contributed by atoms with van der Waals surface area (Å²) in [5.74, 6) is 0.275. The molecule has 6 rings (SSSR count). The second kappa shape index (κ2) is 12.5. The van der Waals surface area contributed by atoms with Gasteiger partial charge in [-0.1, -0.05) is 82.8 Å². The lowest BCUT2D eigenvalue weighted by Crippen LogP contribution is -2.29. The zero-order valence-corrected chi connectivity index (χ0v) is 25.9. The summed E-state index contributed by atoms with van der Waals surface area (Å²) < 4.78 is 12.5. The van der Waals surface area contributed by atoms with Gasteiger partial charge in [0, 0.05) is 11.3 Å². The number of aryl methyl sites for hydroxylation is 3. The number of aliphatic hydroxyl groups is 1. The van der Waals surface area contributed by atoms with Gasteiger partial charge in [0.1, 0.15) is 35.7 Å². The number of nitrogens with zero attached hydrogens (tertiary/aromatic N) is 3. The molecule has 5 aromatic rings. The van der Waals surface area contributed by atoms with Crippen molar-refractivity contribution in [2.24, 2.45) is 0 Å². The first kappa shape index (κ1) is 29.4. The maximum Gasteiger partial charge on any atom is 0.302 e. The van der Waals surface area contributed by atoms with Gasteiger partial charge in [0.15, 0.2) is 4.34 Å². The van der Waals surface area contributed by atoms with Crippen molar-refractivity contribution in [2.45, 2.75) is 43.5 Å². The molecule has 1 atom stereocenters. The van der Waals surface area contributed by atoms with Gasteiger partial charge < -0.3 is 14.3 Å². The molecule has 2 aromatic heterocycles. The summed E-state index contributed by atoms with van der Waals surface area (Å²) in [5, 5.41) is 20.2. The normalized spacial score (nSPS) is 16.1. The number of Topliss-reactive ketones (excluding diaryl/α,β-unsaturated/α-hetero) is 1. The van der Waals surface area contributed by atoms with Crippen molar-refractivity contribution in [1.82, 2.24) is 10.2 Å². The number of aliphatic hydroxyl groups excluding tert-OH is 1. The summed E-state index contributed by atoms with van der Waals surface area (Å²) in [6, 6.07) is 25.5. The third-order valence-corrected chi connectivity index (χ3v) is 9.30. The number of thioether (sulfide) groups is 1. The van der Waals surface area contributed by atoms with Crippen LogP contribution in [0.25, 0.3) is 5.76 Å². The Morgan fingerprint density at radius 2 is 1.70 bits per heavy atom. The number of ether oxygens (including phenoxy) is 1. The second-order valence-electron chi connectivity index (χ2n) is 10.5. The largest absolute Gasteiger partial charge is 0.507 e. The van der Waals surface area contributed by atoms with Crippen LogP contribution in [0.4, 0.5) is 5.13 Å². The quantitative estimate of drug-likeness (QED) is 0.0590. The van der Waals surface area contributed by atoms with Gasteiger partial charge in [-0.15, -0.1) is 10.2 Å². The highest BCUT2D eigenvalue weighted by molar-refractivity contribution is 8.00. The molecular formula is C34H29N3O5S2. The number of furan rings is 1. The number of ketones is 1. The topological polar surface area (TPSA) is 106 Å². The Balaban J connectivity index is 1.27. The molecule has 44 heavy (non-hydrogen) atoms. The van der Waals surface area contributed by atoms with E-state index in [0.29, 0.717) is 39.5 Å². The number of rotatable bonds is 9. The third kappa shape index (κ3) is 6.17. The lowest BCUT2D eigenvalue weighted by atomic mass is 9.99. The number of hydrogen-bond donors (Lipinski definition) is 1. The number of aromatic nitrogens is 2. The minimum absolute atomic E-state index is 0.0816. The number of anilines is 1. The molecular weight excluding hydrogens is 595 g/mol. The SMILES string of the molecule is Cc1ccc(CSc2nnc(N3C(=O)C(=O)C(=C(O)c4ccc(OCc5cccc(C)c5)cc4)C3c3ccc(C)o3)s2)cc1. The summed E-state index contributed by atoms with van der Waals surface area (Å²) in [6.07, 6.45) is 0. The Labute approximate surface area is 263 Å². The molecule has 0 radical (unpaired) electrons. The molecule has 1 amide bonds. The molecule has 3 heterocycles. The standard InChI is InChI=1S/C34H29N3O5S2/c1-20-7-10-23(11-8-20)19-43-34-36-35-33(44-34)37-29(27-16-9-22(3)42-27)28(31(39)32(37)40)30(38)25-12-14-26(15-13-25)41-18-24-6-4-5-21(2)17-24/h4-17,29,38H,18-19H2,1-3H3. The lowest BCUT2D eigenvalue weighted by Gasteiger charge is -2.20. The van der Waals surface area contributed by atoms with Gasteiger partial charge in [-0.25, -0.2) is 0 Å². The summed E-state index contributed by atoms with van der Waals surface area (Å²) in [5.41, 5.74) is 4.79. The van der Waals surface area contributed by atoms with Crippen molar-refractivity contribution in [3.8, 4) is 5.75 Å². The Kier molecular flexibility index (Phi) is 8.36. The molecule has 1 fully saturated rings. The fourth-order valence-electron chi connectivity index (χ4n) is 4.92. The smallest absolute Gasteiger partial charge is 0.302 e. The van der Waals surface area contributed by atoms with Crippen molar-refractivity contribution in [3.63, 3.8) is 0 Å². The van der Waals surface area contributed by atoms with Crippen LogP contribution in [0.3, 0.4) is 0 Å². The first-order valence-corrected chi connectivity index (χ1v) is 15.7. The van der Waals surface area contributed by atoms with Gasteiger partial charge >= 0.3 is 5.91 Å². The van der Waals surface area contributed by atoms with Crippen molar-refractivity contribution in [3.05, 3.63) is 130 Å². The minimum atomic E-state index is -1.01. The Morgan fingerprint density at radius 3 is 2.41 bits per heavy atom. The van der Waals surface area contributed by atoms with E-state index in [1.807, 2.05) is 32.0 Å². The van der Waals surface area contributed by atoms with Crippen molar-refractivity contribution < 1.29 is 23.8 Å². The third-order valence-electron chi connectivity index (χ3n) is 7.18. The van der Waals surface area contributed by atoms with E-state index in [4.69, 9.17) is 9.15 Å². The van der Waals surface area contributed by atoms with Crippen LogP contribution in [-0.2, 0) is 21.9 Å². The van der Waals surface area contributed by atoms with E-state index in [-0.39, 0.29) is 16.5 Å². The van der Waals surface area contributed by atoms with E-state index in [2.05, 4.69) is 40.5 Å². The van der Waals surface area contributed by atoms with Crippen molar-refractivity contribution in [1.29, 1.82) is 0 Å². The van der Waals surface area contributed by atoms with E-state index < -0.39 is 17.7 Å². The molecule has 1 aliphatic heterocycles. The van der Waals surface area contributed by atoms with Crippen LogP contribution >= 0.6 is 23.1 Å². The highest BCUT2D eigenvalue weighted by Gasteiger charge is 2.49. The maximum absolute atomic E-state index is 13.5. The van der Waals surface area contributed by atoms with Gasteiger partial charge in [-0.05, 0) is 68.3 Å². The van der Waals surface area contributed by atoms with Crippen LogP contribution in [0.15, 0.2) is 99.3 Å². The van der Waals surface area contributed by atoms with Gasteiger partial charge in [0.2, 0.25) is 5.13 Å². The zero-order chi connectivity index (χ0) is 30.8. The highest BCUT2D eigenvalue weighted by atomic mass is 32.2. The van der Waals surface area contributed by atoms with Gasteiger partial charge in [0.05, 0.1) is 5.57 Å². The number of carbonyl (C=O) groups is 2. The molecule has 8 nitrogen and oxygen atoms in total. The van der Waals surface area contributed by atoms with E-state index in [1.165, 1.54) is 33.6 Å². The van der Waals surface area contributed by atoms with Crippen LogP contribution in [0.1, 0.15) is 45.4 Å².